The van der Waals surface area contributed by atoms with Crippen molar-refractivity contribution in [3.05, 3.63) is 59.4 Å². The highest BCUT2D eigenvalue weighted by molar-refractivity contribution is 7.89. The molecule has 0 saturated heterocycles. The molecule has 2 aromatic rings. The molecule has 1 N–H and O–H groups in total. The highest BCUT2D eigenvalue weighted by Crippen LogP contribution is 2.17. The van der Waals surface area contributed by atoms with Crippen LogP contribution in [-0.2, 0) is 26.6 Å². The Morgan fingerprint density at radius 2 is 1.52 bits per heavy atom. The van der Waals surface area contributed by atoms with Crippen LogP contribution in [0, 0.1) is 12.7 Å². The molecule has 25 heavy (non-hydrogen) atoms. The standard InChI is InChI=1S/C16H19FN2O4S2/c1-12-4-5-13(10-16(12)17)11-18-24(20,21)14-6-8-15(9-7-14)25(22,23)19(2)3/h4-10,18H,11H2,1-3H3. The van der Waals surface area contributed by atoms with Gasteiger partial charge in [-0.15, -0.1) is 0 Å². The van der Waals surface area contributed by atoms with Crippen molar-refractivity contribution < 1.29 is 21.2 Å². The molecule has 136 valence electrons. The average molecular weight is 386 g/mol. The van der Waals surface area contributed by atoms with Gasteiger partial charge in [0.1, 0.15) is 5.82 Å². The molecule has 9 heteroatoms. The lowest BCUT2D eigenvalue weighted by Gasteiger charge is -2.12. The first-order chi connectivity index (χ1) is 11.5. The zero-order valence-electron chi connectivity index (χ0n) is 14.0. The van der Waals surface area contributed by atoms with E-state index in [0.29, 0.717) is 11.1 Å². The molecular weight excluding hydrogens is 367 g/mol. The maximum absolute atomic E-state index is 13.5. The predicted molar refractivity (Wildman–Crippen MR) is 92.5 cm³/mol. The minimum absolute atomic E-state index is 0.00273. The van der Waals surface area contributed by atoms with Gasteiger partial charge in [-0.05, 0) is 48.4 Å². The molecule has 2 rings (SSSR count). The average Bonchev–Trinajstić information content (AvgIpc) is 2.56. The zero-order chi connectivity index (χ0) is 18.8. The molecule has 0 aliphatic rings. The van der Waals surface area contributed by atoms with Gasteiger partial charge in [-0.1, -0.05) is 12.1 Å². The van der Waals surface area contributed by atoms with E-state index in [2.05, 4.69) is 4.72 Å². The normalized spacial score (nSPS) is 12.5. The first-order valence-electron chi connectivity index (χ1n) is 7.31. The lowest BCUT2D eigenvalue weighted by atomic mass is 10.1. The van der Waals surface area contributed by atoms with Crippen molar-refractivity contribution in [2.75, 3.05) is 14.1 Å². The largest absolute Gasteiger partial charge is 0.242 e. The Bertz CT molecular complexity index is 970. The van der Waals surface area contributed by atoms with E-state index in [0.717, 1.165) is 4.31 Å². The van der Waals surface area contributed by atoms with E-state index in [1.54, 1.807) is 19.1 Å². The molecule has 2 aromatic carbocycles. The van der Waals surface area contributed by atoms with E-state index in [4.69, 9.17) is 0 Å². The molecule has 0 bridgehead atoms. The van der Waals surface area contributed by atoms with Crippen molar-refractivity contribution in [1.82, 2.24) is 9.03 Å². The summed E-state index contributed by atoms with van der Waals surface area (Å²) >= 11 is 0. The topological polar surface area (TPSA) is 83.5 Å². The summed E-state index contributed by atoms with van der Waals surface area (Å²) < 4.78 is 65.5. The minimum Gasteiger partial charge on any atom is -0.207 e. The monoisotopic (exact) mass is 386 g/mol. The third kappa shape index (κ3) is 4.43. The number of hydrogen-bond acceptors (Lipinski definition) is 4. The summed E-state index contributed by atoms with van der Waals surface area (Å²) in [5, 5.41) is 0. The van der Waals surface area contributed by atoms with Crippen LogP contribution in [0.3, 0.4) is 0 Å². The second kappa shape index (κ2) is 7.20. The molecule has 0 heterocycles. The van der Waals surface area contributed by atoms with E-state index in [1.807, 2.05) is 0 Å². The molecule has 0 saturated carbocycles. The van der Waals surface area contributed by atoms with Crippen LogP contribution in [0.5, 0.6) is 0 Å². The Balaban J connectivity index is 2.18. The quantitative estimate of drug-likeness (QED) is 0.821. The number of halogens is 1. The smallest absolute Gasteiger partial charge is 0.207 e. The van der Waals surface area contributed by atoms with E-state index >= 15 is 0 Å². The fraction of sp³-hybridized carbons (Fsp3) is 0.250. The maximum Gasteiger partial charge on any atom is 0.242 e. The summed E-state index contributed by atoms with van der Waals surface area (Å²) in [5.41, 5.74) is 0.961. The molecule has 0 aromatic heterocycles. The van der Waals surface area contributed by atoms with Gasteiger partial charge in [-0.2, -0.15) is 0 Å². The summed E-state index contributed by atoms with van der Waals surface area (Å²) in [5.74, 6) is -0.407. The molecule has 0 aliphatic carbocycles. The number of rotatable bonds is 6. The Hall–Kier alpha value is -1.81. The van der Waals surface area contributed by atoms with Crippen LogP contribution < -0.4 is 4.72 Å². The number of sulfonamides is 2. The van der Waals surface area contributed by atoms with Gasteiger partial charge in [0.05, 0.1) is 9.79 Å². The zero-order valence-corrected chi connectivity index (χ0v) is 15.7. The van der Waals surface area contributed by atoms with Crippen molar-refractivity contribution in [2.45, 2.75) is 23.3 Å². The minimum atomic E-state index is -3.84. The summed E-state index contributed by atoms with van der Waals surface area (Å²) in [6.07, 6.45) is 0. The molecule has 0 radical (unpaired) electrons. The van der Waals surface area contributed by atoms with Gasteiger partial charge in [0.2, 0.25) is 20.0 Å². The molecular formula is C16H19FN2O4S2. The lowest BCUT2D eigenvalue weighted by Crippen LogP contribution is -2.24. The number of aryl methyl sites for hydroxylation is 1. The molecule has 0 spiro atoms. The molecule has 0 unspecified atom stereocenters. The first kappa shape index (κ1) is 19.5. The van der Waals surface area contributed by atoms with Crippen LogP contribution in [0.4, 0.5) is 4.39 Å². The van der Waals surface area contributed by atoms with Crippen LogP contribution in [0.15, 0.2) is 52.3 Å². The lowest BCUT2D eigenvalue weighted by molar-refractivity contribution is 0.520. The fourth-order valence-electron chi connectivity index (χ4n) is 2.01. The fourth-order valence-corrected chi connectivity index (χ4v) is 3.93. The molecule has 0 fully saturated rings. The highest BCUT2D eigenvalue weighted by Gasteiger charge is 2.19. The molecule has 0 aliphatic heterocycles. The SMILES string of the molecule is Cc1ccc(CNS(=O)(=O)c2ccc(S(=O)(=O)N(C)C)cc2)cc1F. The van der Waals surface area contributed by atoms with Crippen molar-refractivity contribution in [3.8, 4) is 0 Å². The number of benzene rings is 2. The van der Waals surface area contributed by atoms with E-state index < -0.39 is 25.9 Å². The van der Waals surface area contributed by atoms with Crippen LogP contribution >= 0.6 is 0 Å². The third-order valence-electron chi connectivity index (χ3n) is 3.62. The maximum atomic E-state index is 13.5. The Labute approximate surface area is 147 Å². The Morgan fingerprint density at radius 3 is 2.04 bits per heavy atom. The second-order valence-corrected chi connectivity index (χ2v) is 9.59. The second-order valence-electron chi connectivity index (χ2n) is 5.67. The summed E-state index contributed by atoms with van der Waals surface area (Å²) in [7, 11) is -4.69. The van der Waals surface area contributed by atoms with Crippen LogP contribution in [0.1, 0.15) is 11.1 Å². The van der Waals surface area contributed by atoms with Crippen molar-refractivity contribution >= 4 is 20.0 Å². The van der Waals surface area contributed by atoms with Gasteiger partial charge in [0.25, 0.3) is 0 Å². The Kier molecular flexibility index (Phi) is 5.62. The highest BCUT2D eigenvalue weighted by atomic mass is 32.2. The Morgan fingerprint density at radius 1 is 0.960 bits per heavy atom. The predicted octanol–water partition coefficient (Wildman–Crippen LogP) is 1.86. The summed E-state index contributed by atoms with van der Waals surface area (Å²) in [6, 6.07) is 9.37. The molecule has 6 nitrogen and oxygen atoms in total. The van der Waals surface area contributed by atoms with Crippen LogP contribution in [0.25, 0.3) is 0 Å². The molecule has 0 amide bonds. The van der Waals surface area contributed by atoms with Crippen molar-refractivity contribution in [2.24, 2.45) is 0 Å². The van der Waals surface area contributed by atoms with E-state index in [9.17, 15) is 21.2 Å². The summed E-state index contributed by atoms with van der Waals surface area (Å²) in [4.78, 5) is -0.0742. The number of hydrogen-bond donors (Lipinski definition) is 1. The van der Waals surface area contributed by atoms with Crippen LogP contribution in [-0.4, -0.2) is 35.2 Å². The van der Waals surface area contributed by atoms with Crippen molar-refractivity contribution in [3.63, 3.8) is 0 Å². The number of nitrogens with one attached hydrogen (secondary N) is 1. The third-order valence-corrected chi connectivity index (χ3v) is 6.86. The van der Waals surface area contributed by atoms with Gasteiger partial charge < -0.3 is 0 Å². The van der Waals surface area contributed by atoms with Crippen LogP contribution in [0.2, 0.25) is 0 Å². The van der Waals surface area contributed by atoms with Gasteiger partial charge in [-0.3, -0.25) is 0 Å². The van der Waals surface area contributed by atoms with Gasteiger partial charge in [-0.25, -0.2) is 30.3 Å². The van der Waals surface area contributed by atoms with Gasteiger partial charge >= 0.3 is 0 Å². The summed E-state index contributed by atoms with van der Waals surface area (Å²) in [6.45, 7) is 1.55. The van der Waals surface area contributed by atoms with Gasteiger partial charge in [0, 0.05) is 20.6 Å². The first-order valence-corrected chi connectivity index (χ1v) is 10.2. The van der Waals surface area contributed by atoms with Crippen molar-refractivity contribution in [1.29, 1.82) is 0 Å². The van der Waals surface area contributed by atoms with E-state index in [-0.39, 0.29) is 16.3 Å². The molecule has 0 atom stereocenters. The van der Waals surface area contributed by atoms with E-state index in [1.165, 1.54) is 44.4 Å². The number of nitrogens with zero attached hydrogens (tertiary/aromatic N) is 1. The van der Waals surface area contributed by atoms with Gasteiger partial charge in [0.15, 0.2) is 0 Å².